The van der Waals surface area contributed by atoms with Gasteiger partial charge in [0.2, 0.25) is 0 Å². The van der Waals surface area contributed by atoms with Crippen LogP contribution in [0.25, 0.3) is 10.4 Å². The third kappa shape index (κ3) is 5.02. The summed E-state index contributed by atoms with van der Waals surface area (Å²) in [6.07, 6.45) is 4.53. The van der Waals surface area contributed by atoms with E-state index in [1.807, 2.05) is 31.3 Å². The molecule has 0 spiro atoms. The highest BCUT2D eigenvalue weighted by Crippen LogP contribution is 2.29. The summed E-state index contributed by atoms with van der Waals surface area (Å²) >= 11 is 1.78. The first-order valence-corrected chi connectivity index (χ1v) is 10.8. The van der Waals surface area contributed by atoms with Crippen molar-refractivity contribution in [2.75, 3.05) is 30.4 Å². The smallest absolute Gasteiger partial charge is 0.150 e. The van der Waals surface area contributed by atoms with E-state index in [4.69, 9.17) is 0 Å². The summed E-state index contributed by atoms with van der Waals surface area (Å²) in [5.41, 5.74) is 5.90. The standard InChI is InChI=1S/C13H15NS.C11H13NO/c1-3-10-6-7-11(9-12(10)14-2)13-5-4-8-15-13;13-9-10-3-5-11(6-4-10)12-7-1-2-8-12/h4-9,14H,3H2,1-2H3;3-6,9H,1-2,7-8H2. The molecule has 0 amide bonds. The minimum atomic E-state index is 0.753. The van der Waals surface area contributed by atoms with Crippen molar-refractivity contribution < 1.29 is 4.79 Å². The second-order valence-corrected chi connectivity index (χ2v) is 7.80. The van der Waals surface area contributed by atoms with Crippen LogP contribution in [-0.4, -0.2) is 26.4 Å². The van der Waals surface area contributed by atoms with E-state index >= 15 is 0 Å². The Hall–Kier alpha value is -2.59. The van der Waals surface area contributed by atoms with Crippen LogP contribution in [0.4, 0.5) is 11.4 Å². The number of rotatable bonds is 5. The monoisotopic (exact) mass is 392 g/mol. The molecular formula is C24H28N2OS. The summed E-state index contributed by atoms with van der Waals surface area (Å²) in [6.45, 7) is 4.49. The van der Waals surface area contributed by atoms with Crippen LogP contribution in [0, 0.1) is 0 Å². The van der Waals surface area contributed by atoms with E-state index in [1.54, 1.807) is 11.3 Å². The lowest BCUT2D eigenvalue weighted by molar-refractivity contribution is 0.112. The number of aldehydes is 1. The van der Waals surface area contributed by atoms with E-state index in [0.29, 0.717) is 0 Å². The van der Waals surface area contributed by atoms with Gasteiger partial charge in [0.05, 0.1) is 0 Å². The highest BCUT2D eigenvalue weighted by Gasteiger charge is 2.11. The van der Waals surface area contributed by atoms with Gasteiger partial charge >= 0.3 is 0 Å². The molecule has 1 N–H and O–H groups in total. The SMILES string of the molecule is CCc1ccc(-c2cccs2)cc1NC.O=Cc1ccc(N2CCCC2)cc1. The first kappa shape index (κ1) is 20.2. The van der Waals surface area contributed by atoms with Gasteiger partial charge in [0.25, 0.3) is 0 Å². The lowest BCUT2D eigenvalue weighted by atomic mass is 10.1. The molecule has 0 atom stereocenters. The average Bonchev–Trinajstić information content (AvgIpc) is 3.48. The predicted octanol–water partition coefficient (Wildman–Crippen LogP) is 6.12. The van der Waals surface area contributed by atoms with Gasteiger partial charge in [-0.3, -0.25) is 4.79 Å². The molecule has 0 aliphatic carbocycles. The Morgan fingerprint density at radius 1 is 1.07 bits per heavy atom. The van der Waals surface area contributed by atoms with Gasteiger partial charge in [-0.2, -0.15) is 0 Å². The van der Waals surface area contributed by atoms with Crippen molar-refractivity contribution in [1.82, 2.24) is 0 Å². The molecule has 1 aromatic heterocycles. The molecule has 2 heterocycles. The van der Waals surface area contributed by atoms with Gasteiger partial charge in [-0.15, -0.1) is 11.3 Å². The van der Waals surface area contributed by atoms with E-state index in [0.717, 1.165) is 31.4 Å². The van der Waals surface area contributed by atoms with Crippen LogP contribution >= 0.6 is 11.3 Å². The number of nitrogens with one attached hydrogen (secondary N) is 1. The molecule has 0 unspecified atom stereocenters. The summed E-state index contributed by atoms with van der Waals surface area (Å²) in [4.78, 5) is 14.1. The topological polar surface area (TPSA) is 32.3 Å². The molecule has 2 aromatic carbocycles. The highest BCUT2D eigenvalue weighted by atomic mass is 32.1. The highest BCUT2D eigenvalue weighted by molar-refractivity contribution is 7.13. The number of thiophene rings is 1. The van der Waals surface area contributed by atoms with Crippen molar-refractivity contribution in [3.8, 4) is 10.4 Å². The Morgan fingerprint density at radius 2 is 1.82 bits per heavy atom. The minimum absolute atomic E-state index is 0.753. The van der Waals surface area contributed by atoms with Gasteiger partial charge in [-0.1, -0.05) is 25.1 Å². The lowest BCUT2D eigenvalue weighted by Gasteiger charge is -2.17. The van der Waals surface area contributed by atoms with Crippen molar-refractivity contribution >= 4 is 29.0 Å². The zero-order valence-corrected chi connectivity index (χ0v) is 17.5. The van der Waals surface area contributed by atoms with Crippen molar-refractivity contribution in [3.63, 3.8) is 0 Å². The zero-order valence-electron chi connectivity index (χ0n) is 16.7. The van der Waals surface area contributed by atoms with E-state index in [1.165, 1.54) is 40.2 Å². The molecule has 4 heteroatoms. The maximum atomic E-state index is 10.4. The van der Waals surface area contributed by atoms with E-state index in [-0.39, 0.29) is 0 Å². The quantitative estimate of drug-likeness (QED) is 0.531. The Bertz CT molecular complexity index is 866. The molecule has 1 fully saturated rings. The summed E-state index contributed by atoms with van der Waals surface area (Å²) in [5, 5.41) is 5.37. The summed E-state index contributed by atoms with van der Waals surface area (Å²) in [7, 11) is 1.98. The number of nitrogens with zero attached hydrogens (tertiary/aromatic N) is 1. The molecule has 3 nitrogen and oxygen atoms in total. The summed E-state index contributed by atoms with van der Waals surface area (Å²) < 4.78 is 0. The van der Waals surface area contributed by atoms with Crippen molar-refractivity contribution in [2.45, 2.75) is 26.2 Å². The Balaban J connectivity index is 0.000000162. The van der Waals surface area contributed by atoms with Gasteiger partial charge in [0, 0.05) is 42.0 Å². The second kappa shape index (κ2) is 10.1. The number of aryl methyl sites for hydroxylation is 1. The summed E-state index contributed by atoms with van der Waals surface area (Å²) in [5.74, 6) is 0. The fraction of sp³-hybridized carbons (Fsp3) is 0.292. The van der Waals surface area contributed by atoms with E-state index < -0.39 is 0 Å². The van der Waals surface area contributed by atoms with Crippen LogP contribution in [-0.2, 0) is 6.42 Å². The van der Waals surface area contributed by atoms with Crippen LogP contribution < -0.4 is 10.2 Å². The third-order valence-corrected chi connectivity index (χ3v) is 5.99. The second-order valence-electron chi connectivity index (χ2n) is 6.86. The molecule has 3 aromatic rings. The zero-order chi connectivity index (χ0) is 19.8. The minimum Gasteiger partial charge on any atom is -0.388 e. The number of benzene rings is 2. The first-order chi connectivity index (χ1) is 13.7. The van der Waals surface area contributed by atoms with Gasteiger partial charge < -0.3 is 10.2 Å². The van der Waals surface area contributed by atoms with Gasteiger partial charge in [0.15, 0.2) is 0 Å². The fourth-order valence-electron chi connectivity index (χ4n) is 3.45. The number of hydrogen-bond donors (Lipinski definition) is 1. The molecule has 28 heavy (non-hydrogen) atoms. The molecule has 0 saturated carbocycles. The van der Waals surface area contributed by atoms with Gasteiger partial charge in [0.1, 0.15) is 6.29 Å². The largest absolute Gasteiger partial charge is 0.388 e. The van der Waals surface area contributed by atoms with Crippen LogP contribution in [0.1, 0.15) is 35.7 Å². The fourth-order valence-corrected chi connectivity index (χ4v) is 4.18. The molecular weight excluding hydrogens is 364 g/mol. The molecule has 1 saturated heterocycles. The lowest BCUT2D eigenvalue weighted by Crippen LogP contribution is -2.17. The van der Waals surface area contributed by atoms with Crippen molar-refractivity contribution in [1.29, 1.82) is 0 Å². The van der Waals surface area contributed by atoms with Crippen molar-refractivity contribution in [2.24, 2.45) is 0 Å². The molecule has 1 aliphatic heterocycles. The van der Waals surface area contributed by atoms with Gasteiger partial charge in [-0.05, 0) is 72.2 Å². The maximum absolute atomic E-state index is 10.4. The van der Waals surface area contributed by atoms with E-state index in [2.05, 4.69) is 52.9 Å². The number of anilines is 2. The number of carbonyl (C=O) groups is 1. The Kier molecular flexibility index (Phi) is 7.26. The molecule has 0 bridgehead atoms. The molecule has 0 radical (unpaired) electrons. The van der Waals surface area contributed by atoms with Crippen LogP contribution in [0.2, 0.25) is 0 Å². The van der Waals surface area contributed by atoms with Crippen LogP contribution in [0.15, 0.2) is 60.0 Å². The third-order valence-electron chi connectivity index (χ3n) is 5.07. The molecule has 146 valence electrons. The van der Waals surface area contributed by atoms with Crippen LogP contribution in [0.5, 0.6) is 0 Å². The molecule has 1 aliphatic rings. The normalized spacial score (nSPS) is 13.0. The van der Waals surface area contributed by atoms with Gasteiger partial charge in [-0.25, -0.2) is 0 Å². The maximum Gasteiger partial charge on any atom is 0.150 e. The summed E-state index contributed by atoms with van der Waals surface area (Å²) in [6, 6.07) is 18.7. The predicted molar refractivity (Wildman–Crippen MR) is 122 cm³/mol. The van der Waals surface area contributed by atoms with Crippen molar-refractivity contribution in [3.05, 3.63) is 71.1 Å². The number of carbonyl (C=O) groups excluding carboxylic acids is 1. The number of hydrogen-bond acceptors (Lipinski definition) is 4. The van der Waals surface area contributed by atoms with Crippen LogP contribution in [0.3, 0.4) is 0 Å². The molecule has 4 rings (SSSR count). The Labute approximate surface area is 172 Å². The average molecular weight is 393 g/mol. The Morgan fingerprint density at radius 3 is 2.39 bits per heavy atom. The first-order valence-electron chi connectivity index (χ1n) is 9.90. The van der Waals surface area contributed by atoms with E-state index in [9.17, 15) is 4.79 Å².